The standard InChI is InChI=1S/C69H43N3O/c1-2-17-54-53(16-1)57-20-6-9-27-64(57)72(50-35-29-44(30-36-50)51-23-11-14-46-15-13-41-70-68(46)51)66-43-48(33-39-59(54)66)47-34-40-65-62(42-47)56-19-4-3-18-55(56)58-21-5-8-26-63(58)71(65)49-37-31-45(32-38-49)52-24-12-25-61-60-22-7-10-28-67(60)73-69(52)61/h1-43H. The smallest absolute Gasteiger partial charge is 0.143 e. The number of anilines is 6. The number of pyridine rings is 1. The van der Waals surface area contributed by atoms with Gasteiger partial charge in [-0.15, -0.1) is 0 Å². The molecule has 2 aliphatic heterocycles. The zero-order chi connectivity index (χ0) is 48.0. The Morgan fingerprint density at radius 2 is 0.753 bits per heavy atom. The van der Waals surface area contributed by atoms with E-state index >= 15 is 0 Å². The first-order valence-electron chi connectivity index (χ1n) is 24.9. The highest BCUT2D eigenvalue weighted by atomic mass is 16.3. The Morgan fingerprint density at radius 3 is 1.45 bits per heavy atom. The van der Waals surface area contributed by atoms with Crippen LogP contribution in [0.15, 0.2) is 265 Å². The highest BCUT2D eigenvalue weighted by molar-refractivity contribution is 6.10. The quantitative estimate of drug-likeness (QED) is 0.172. The van der Waals surface area contributed by atoms with Crippen molar-refractivity contribution in [2.45, 2.75) is 0 Å². The Morgan fingerprint density at radius 1 is 0.288 bits per heavy atom. The van der Waals surface area contributed by atoms with E-state index in [1.165, 1.54) is 44.5 Å². The van der Waals surface area contributed by atoms with Crippen molar-refractivity contribution in [1.82, 2.24) is 4.98 Å². The van der Waals surface area contributed by atoms with E-state index in [1.807, 2.05) is 24.4 Å². The molecule has 0 bridgehead atoms. The highest BCUT2D eigenvalue weighted by Crippen LogP contribution is 2.54. The van der Waals surface area contributed by atoms with Crippen LogP contribution in [0.4, 0.5) is 34.1 Å². The second kappa shape index (κ2) is 16.4. The SMILES string of the molecule is c1ccc2c(c1)-c1ccccc1N(c1ccc(-c3cccc4c3oc3ccccc34)cc1)c1ccc(-c3ccc4c(c3)N(c3ccc(-c5cccc6cccnc56)cc3)c3ccccc3-c3ccccc3-4)cc1-2. The average molecular weight is 930 g/mol. The van der Waals surface area contributed by atoms with Crippen molar-refractivity contribution >= 4 is 67.0 Å². The molecule has 0 unspecified atom stereocenters. The minimum absolute atomic E-state index is 0.901. The summed E-state index contributed by atoms with van der Waals surface area (Å²) < 4.78 is 6.49. The van der Waals surface area contributed by atoms with Crippen molar-refractivity contribution in [3.8, 4) is 77.9 Å². The molecule has 4 heterocycles. The van der Waals surface area contributed by atoms with E-state index < -0.39 is 0 Å². The number of hydrogen-bond acceptors (Lipinski definition) is 4. The lowest BCUT2D eigenvalue weighted by molar-refractivity contribution is 0.670. The van der Waals surface area contributed by atoms with Crippen LogP contribution < -0.4 is 9.80 Å². The number of para-hydroxylation sites is 5. The summed E-state index contributed by atoms with van der Waals surface area (Å²) in [6, 6.07) is 92.6. The van der Waals surface area contributed by atoms with Gasteiger partial charge >= 0.3 is 0 Å². The van der Waals surface area contributed by atoms with Gasteiger partial charge in [0.2, 0.25) is 0 Å². The van der Waals surface area contributed by atoms with E-state index in [2.05, 4.69) is 246 Å². The van der Waals surface area contributed by atoms with Crippen molar-refractivity contribution < 1.29 is 4.42 Å². The van der Waals surface area contributed by atoms with Gasteiger partial charge in [-0.3, -0.25) is 4.98 Å². The summed E-state index contributed by atoms with van der Waals surface area (Å²) in [4.78, 5) is 9.68. The molecule has 0 radical (unpaired) electrons. The molecule has 73 heavy (non-hydrogen) atoms. The van der Waals surface area contributed by atoms with Crippen LogP contribution in [-0.4, -0.2) is 4.98 Å². The van der Waals surface area contributed by atoms with Gasteiger partial charge in [-0.25, -0.2) is 0 Å². The molecule has 0 atom stereocenters. The first-order chi connectivity index (χ1) is 36.2. The van der Waals surface area contributed by atoms with Gasteiger partial charge in [-0.1, -0.05) is 188 Å². The first kappa shape index (κ1) is 41.1. The van der Waals surface area contributed by atoms with E-state index in [-0.39, 0.29) is 0 Å². The third-order valence-electron chi connectivity index (χ3n) is 15.0. The fourth-order valence-electron chi connectivity index (χ4n) is 11.7. The zero-order valence-electron chi connectivity index (χ0n) is 39.6. The lowest BCUT2D eigenvalue weighted by Crippen LogP contribution is -2.11. The van der Waals surface area contributed by atoms with Crippen LogP contribution >= 0.6 is 0 Å². The fraction of sp³-hybridized carbons (Fsp3) is 0. The van der Waals surface area contributed by atoms with Crippen molar-refractivity contribution in [1.29, 1.82) is 0 Å². The summed E-state index contributed by atoms with van der Waals surface area (Å²) in [5, 5.41) is 3.39. The molecule has 0 aliphatic carbocycles. The largest absolute Gasteiger partial charge is 0.455 e. The van der Waals surface area contributed by atoms with E-state index in [1.54, 1.807) is 0 Å². The Kier molecular flexibility index (Phi) is 9.23. The van der Waals surface area contributed by atoms with E-state index in [9.17, 15) is 0 Å². The number of aromatic nitrogens is 1. The summed E-state index contributed by atoms with van der Waals surface area (Å²) in [5.74, 6) is 0. The second-order valence-corrected chi connectivity index (χ2v) is 19.0. The Labute approximate surface area is 423 Å². The fourth-order valence-corrected chi connectivity index (χ4v) is 11.7. The molecule has 0 spiro atoms. The normalized spacial score (nSPS) is 12.3. The summed E-state index contributed by atoms with van der Waals surface area (Å²) in [5.41, 5.74) is 25.8. The van der Waals surface area contributed by atoms with E-state index in [0.717, 1.165) is 100 Å². The van der Waals surface area contributed by atoms with E-state index in [0.29, 0.717) is 0 Å². The lowest BCUT2D eigenvalue weighted by Gasteiger charge is -2.29. The van der Waals surface area contributed by atoms with Crippen molar-refractivity contribution in [3.63, 3.8) is 0 Å². The van der Waals surface area contributed by atoms with Gasteiger partial charge in [-0.05, 0) is 111 Å². The third-order valence-corrected chi connectivity index (χ3v) is 15.0. The summed E-state index contributed by atoms with van der Waals surface area (Å²) in [7, 11) is 0. The topological polar surface area (TPSA) is 32.5 Å². The van der Waals surface area contributed by atoms with Crippen LogP contribution in [0.1, 0.15) is 0 Å². The molecule has 0 N–H and O–H groups in total. The van der Waals surface area contributed by atoms with Crippen LogP contribution in [0.3, 0.4) is 0 Å². The summed E-state index contributed by atoms with van der Waals surface area (Å²) >= 11 is 0. The van der Waals surface area contributed by atoms with Crippen molar-refractivity contribution in [3.05, 3.63) is 261 Å². The molecular formula is C69H43N3O. The number of rotatable bonds is 5. The minimum atomic E-state index is 0.901. The number of nitrogens with zero attached hydrogens (tertiary/aromatic N) is 3. The maximum Gasteiger partial charge on any atom is 0.143 e. The molecule has 13 aromatic rings. The number of hydrogen-bond donors (Lipinski definition) is 0. The molecule has 2 aromatic heterocycles. The van der Waals surface area contributed by atoms with Crippen LogP contribution in [-0.2, 0) is 0 Å². The summed E-state index contributed by atoms with van der Waals surface area (Å²) in [6.45, 7) is 0. The Bertz CT molecular complexity index is 4330. The summed E-state index contributed by atoms with van der Waals surface area (Å²) in [6.07, 6.45) is 1.88. The van der Waals surface area contributed by atoms with E-state index in [4.69, 9.17) is 9.40 Å². The molecule has 0 saturated carbocycles. The van der Waals surface area contributed by atoms with Crippen LogP contribution in [0, 0.1) is 0 Å². The third kappa shape index (κ3) is 6.51. The van der Waals surface area contributed by atoms with Gasteiger partial charge in [0.1, 0.15) is 11.2 Å². The van der Waals surface area contributed by atoms with Crippen LogP contribution in [0.25, 0.3) is 111 Å². The second-order valence-electron chi connectivity index (χ2n) is 19.0. The maximum atomic E-state index is 6.49. The molecule has 15 rings (SSSR count). The molecule has 0 saturated heterocycles. The number of furan rings is 1. The van der Waals surface area contributed by atoms with Gasteiger partial charge < -0.3 is 14.2 Å². The van der Waals surface area contributed by atoms with Gasteiger partial charge in [0.25, 0.3) is 0 Å². The minimum Gasteiger partial charge on any atom is -0.455 e. The molecule has 4 heteroatoms. The molecule has 340 valence electrons. The lowest BCUT2D eigenvalue weighted by atomic mass is 9.91. The maximum absolute atomic E-state index is 6.49. The molecular weight excluding hydrogens is 887 g/mol. The average Bonchev–Trinajstić information content (AvgIpc) is 3.73. The number of benzene rings is 11. The van der Waals surface area contributed by atoms with Gasteiger partial charge in [0.05, 0.1) is 28.3 Å². The predicted octanol–water partition coefficient (Wildman–Crippen LogP) is 19.4. The molecule has 0 fully saturated rings. The Hall–Kier alpha value is -9.77. The molecule has 2 aliphatic rings. The zero-order valence-corrected chi connectivity index (χ0v) is 39.6. The van der Waals surface area contributed by atoms with Crippen molar-refractivity contribution in [2.24, 2.45) is 0 Å². The molecule has 4 nitrogen and oxygen atoms in total. The first-order valence-corrected chi connectivity index (χ1v) is 24.9. The Balaban J connectivity index is 0.881. The number of fused-ring (bicyclic) bond motifs is 14. The highest BCUT2D eigenvalue weighted by Gasteiger charge is 2.29. The predicted molar refractivity (Wildman–Crippen MR) is 304 cm³/mol. The monoisotopic (exact) mass is 929 g/mol. The van der Waals surface area contributed by atoms with Crippen molar-refractivity contribution in [2.75, 3.05) is 9.80 Å². The van der Waals surface area contributed by atoms with Gasteiger partial charge in [0.15, 0.2) is 0 Å². The molecule has 11 aromatic carbocycles. The van der Waals surface area contributed by atoms with Gasteiger partial charge in [0, 0.05) is 67.1 Å². The van der Waals surface area contributed by atoms with Crippen LogP contribution in [0.5, 0.6) is 0 Å². The van der Waals surface area contributed by atoms with Crippen LogP contribution in [0.2, 0.25) is 0 Å². The van der Waals surface area contributed by atoms with Gasteiger partial charge in [-0.2, -0.15) is 0 Å². The molecule has 0 amide bonds.